The minimum Gasteiger partial charge on any atom is -0.490 e. The number of aromatic nitrogens is 1. The zero-order valence-corrected chi connectivity index (χ0v) is 20.0. The lowest BCUT2D eigenvalue weighted by Crippen LogP contribution is -2.14. The van der Waals surface area contributed by atoms with Crippen molar-refractivity contribution >= 4 is 27.8 Å². The van der Waals surface area contributed by atoms with E-state index in [1.807, 2.05) is 44.3 Å². The summed E-state index contributed by atoms with van der Waals surface area (Å²) in [7, 11) is -3.90. The van der Waals surface area contributed by atoms with Crippen LogP contribution in [0.5, 0.6) is 5.75 Å². The lowest BCUT2D eigenvalue weighted by Gasteiger charge is -2.24. The van der Waals surface area contributed by atoms with E-state index >= 15 is 0 Å². The smallest absolute Gasteiger partial charge is 0.316 e. The van der Waals surface area contributed by atoms with Gasteiger partial charge >= 0.3 is 10.2 Å². The number of thiazole rings is 1. The van der Waals surface area contributed by atoms with Gasteiger partial charge in [-0.25, -0.2) is 10.1 Å². The lowest BCUT2D eigenvalue weighted by atomic mass is 9.81. The summed E-state index contributed by atoms with van der Waals surface area (Å²) in [5.74, 6) is 0.475. The average molecular weight is 481 g/mol. The van der Waals surface area contributed by atoms with Gasteiger partial charge in [-0.3, -0.25) is 0 Å². The van der Waals surface area contributed by atoms with Crippen LogP contribution in [0.25, 0.3) is 21.0 Å². The van der Waals surface area contributed by atoms with E-state index in [1.54, 1.807) is 17.4 Å². The van der Waals surface area contributed by atoms with Gasteiger partial charge in [-0.2, -0.15) is 18.1 Å². The van der Waals surface area contributed by atoms with Gasteiger partial charge in [0.25, 0.3) is 0 Å². The topological polar surface area (TPSA) is 118 Å². The van der Waals surface area contributed by atoms with Crippen LogP contribution in [0.2, 0.25) is 0 Å². The summed E-state index contributed by atoms with van der Waals surface area (Å²) in [5, 5.41) is 15.4. The van der Waals surface area contributed by atoms with Gasteiger partial charge in [-0.05, 0) is 68.0 Å². The molecule has 33 heavy (non-hydrogen) atoms. The summed E-state index contributed by atoms with van der Waals surface area (Å²) in [5.41, 5.74) is 4.69. The maximum Gasteiger partial charge on any atom is 0.316 e. The van der Waals surface area contributed by atoms with E-state index in [2.05, 4.69) is 21.5 Å². The fraction of sp³-hybridized carbons (Fsp3) is 0.292. The Bertz CT molecular complexity index is 1350. The summed E-state index contributed by atoms with van der Waals surface area (Å²) in [6.45, 7) is 3.85. The normalized spacial score (nSPS) is 16.0. The summed E-state index contributed by atoms with van der Waals surface area (Å²) < 4.78 is 31.8. The van der Waals surface area contributed by atoms with Crippen molar-refractivity contribution in [1.82, 2.24) is 4.98 Å². The van der Waals surface area contributed by atoms with Gasteiger partial charge in [0.05, 0.1) is 16.5 Å². The number of nitrogens with two attached hydrogens (primary N) is 1. The maximum absolute atomic E-state index is 11.3. The highest BCUT2D eigenvalue weighted by atomic mass is 32.2. The van der Waals surface area contributed by atoms with Crippen LogP contribution in [0.15, 0.2) is 47.0 Å². The van der Waals surface area contributed by atoms with E-state index in [0.29, 0.717) is 11.3 Å². The van der Waals surface area contributed by atoms with Gasteiger partial charge in [-0.15, -0.1) is 11.3 Å². The Hall–Kier alpha value is -3.06. The number of nitrogens with zero attached hydrogens (tertiary/aromatic N) is 3. The first-order chi connectivity index (χ1) is 15.7. The van der Waals surface area contributed by atoms with Crippen molar-refractivity contribution in [1.29, 1.82) is 5.26 Å². The molecule has 0 bridgehead atoms. The second kappa shape index (κ2) is 9.43. The third-order valence-electron chi connectivity index (χ3n) is 5.42. The second-order valence-corrected chi connectivity index (χ2v) is 10.4. The maximum atomic E-state index is 11.3. The van der Waals surface area contributed by atoms with Crippen LogP contribution in [0.1, 0.15) is 49.3 Å². The third-order valence-corrected chi connectivity index (χ3v) is 6.92. The fourth-order valence-corrected chi connectivity index (χ4v) is 5.35. The molecule has 1 aliphatic rings. The minimum absolute atomic E-state index is 0.0162. The molecular weight excluding hydrogens is 456 g/mol. The summed E-state index contributed by atoms with van der Waals surface area (Å²) in [4.78, 5) is 5.63. The molecule has 4 rings (SSSR count). The van der Waals surface area contributed by atoms with E-state index < -0.39 is 10.2 Å². The monoisotopic (exact) mass is 480 g/mol. The molecule has 2 N–H and O–H groups in total. The average Bonchev–Trinajstić information content (AvgIpc) is 3.26. The van der Waals surface area contributed by atoms with Crippen molar-refractivity contribution in [2.24, 2.45) is 9.54 Å². The van der Waals surface area contributed by atoms with E-state index in [4.69, 9.17) is 9.88 Å². The summed E-state index contributed by atoms with van der Waals surface area (Å²) >= 11 is 1.56. The van der Waals surface area contributed by atoms with Crippen LogP contribution in [-0.4, -0.2) is 25.7 Å². The van der Waals surface area contributed by atoms with Crippen molar-refractivity contribution in [2.75, 3.05) is 0 Å². The van der Waals surface area contributed by atoms with E-state index in [-0.39, 0.29) is 12.0 Å². The van der Waals surface area contributed by atoms with Gasteiger partial charge in [0.1, 0.15) is 16.8 Å². The van der Waals surface area contributed by atoms with Crippen LogP contribution in [0.4, 0.5) is 0 Å². The molecule has 7 nitrogen and oxygen atoms in total. The molecule has 1 atom stereocenters. The predicted molar refractivity (Wildman–Crippen MR) is 131 cm³/mol. The van der Waals surface area contributed by atoms with E-state index in [9.17, 15) is 13.7 Å². The second-order valence-electron chi connectivity index (χ2n) is 8.16. The van der Waals surface area contributed by atoms with Gasteiger partial charge < -0.3 is 4.74 Å². The zero-order valence-electron chi connectivity index (χ0n) is 18.4. The van der Waals surface area contributed by atoms with Gasteiger partial charge in [0, 0.05) is 23.9 Å². The molecule has 0 aliphatic heterocycles. The molecule has 3 aromatic rings. The largest absolute Gasteiger partial charge is 0.490 e. The summed E-state index contributed by atoms with van der Waals surface area (Å²) in [6, 6.07) is 13.8. The highest BCUT2D eigenvalue weighted by Crippen LogP contribution is 2.40. The number of hydrogen-bond donors (Lipinski definition) is 1. The molecular formula is C24H24N4O3S2. The van der Waals surface area contributed by atoms with Gasteiger partial charge in [0.15, 0.2) is 0 Å². The molecule has 1 aromatic heterocycles. The molecule has 0 amide bonds. The molecule has 170 valence electrons. The quantitative estimate of drug-likeness (QED) is 0.507. The molecule has 0 radical (unpaired) electrons. The molecule has 1 unspecified atom stereocenters. The molecule has 0 saturated heterocycles. The first-order valence-electron chi connectivity index (χ1n) is 10.6. The first kappa shape index (κ1) is 23.1. The summed E-state index contributed by atoms with van der Waals surface area (Å²) in [6.07, 6.45) is 5.93. The Morgan fingerprint density at radius 1 is 1.33 bits per heavy atom. The Morgan fingerprint density at radius 3 is 2.88 bits per heavy atom. The zero-order chi connectivity index (χ0) is 23.6. The minimum atomic E-state index is -3.90. The highest BCUT2D eigenvalue weighted by Gasteiger charge is 2.23. The number of rotatable bonds is 6. The number of ether oxygens (including phenoxy) is 1. The Labute approximate surface area is 197 Å². The number of nitriles is 1. The Balaban J connectivity index is 1.68. The van der Waals surface area contributed by atoms with Gasteiger partial charge in [-0.1, -0.05) is 18.2 Å². The molecule has 0 fully saturated rings. The first-order valence-corrected chi connectivity index (χ1v) is 12.9. The van der Waals surface area contributed by atoms with Crippen molar-refractivity contribution in [3.8, 4) is 32.8 Å². The Kier molecular flexibility index (Phi) is 6.61. The van der Waals surface area contributed by atoms with Crippen molar-refractivity contribution in [3.05, 3.63) is 59.3 Å². The van der Waals surface area contributed by atoms with E-state index in [0.717, 1.165) is 45.8 Å². The fourth-order valence-electron chi connectivity index (χ4n) is 4.07. The SMILES string of the molecule is CC(C)Oc1ccc(-c2ncc(-c3cccc4c3CCCC4C=NS(N)(=O)=O)s2)cc1C#N. The van der Waals surface area contributed by atoms with Crippen LogP contribution in [0.3, 0.4) is 0 Å². The van der Waals surface area contributed by atoms with E-state index in [1.165, 1.54) is 11.8 Å². The van der Waals surface area contributed by atoms with Crippen molar-refractivity contribution in [3.63, 3.8) is 0 Å². The Morgan fingerprint density at radius 2 is 2.15 bits per heavy atom. The highest BCUT2D eigenvalue weighted by molar-refractivity contribution is 7.87. The van der Waals surface area contributed by atoms with Crippen LogP contribution >= 0.6 is 11.3 Å². The number of hydrogen-bond acceptors (Lipinski definition) is 6. The molecule has 2 aromatic carbocycles. The molecule has 9 heteroatoms. The van der Waals surface area contributed by atoms with Crippen LogP contribution in [-0.2, 0) is 16.6 Å². The van der Waals surface area contributed by atoms with Crippen LogP contribution in [0, 0.1) is 11.3 Å². The molecule has 0 spiro atoms. The number of fused-ring (bicyclic) bond motifs is 1. The van der Waals surface area contributed by atoms with Crippen LogP contribution < -0.4 is 9.88 Å². The predicted octanol–water partition coefficient (Wildman–Crippen LogP) is 4.83. The van der Waals surface area contributed by atoms with Crippen molar-refractivity contribution < 1.29 is 13.2 Å². The molecule has 1 heterocycles. The van der Waals surface area contributed by atoms with Gasteiger partial charge in [0.2, 0.25) is 0 Å². The molecule has 0 saturated carbocycles. The lowest BCUT2D eigenvalue weighted by molar-refractivity contribution is 0.242. The number of benzene rings is 2. The standard InChI is InChI=1S/C24H24N4O3S2/c1-15(2)31-22-10-9-16(11-18(22)12-25)24-27-14-23(32-24)21-8-4-6-19-17(5-3-7-20(19)21)13-28-33(26,29)30/h4,6,8-11,13-15,17H,3,5,7H2,1-2H3,(H2,26,29,30). The van der Waals surface area contributed by atoms with Crippen molar-refractivity contribution in [2.45, 2.75) is 45.1 Å². The molecule has 1 aliphatic carbocycles. The third kappa shape index (κ3) is 5.30.